The van der Waals surface area contributed by atoms with Gasteiger partial charge in [0.1, 0.15) is 0 Å². The Morgan fingerprint density at radius 1 is 1.30 bits per heavy atom. The standard InChI is InChI=1S/C14H21N3O.2ClH/c1-11(18)16-13-4-2-3-5-14(13)17-8-6-12(10-15)7-9-17;;/h2-5,12H,6-10,15H2,1H3,(H,16,18);2*1H. The molecule has 20 heavy (non-hydrogen) atoms. The number of rotatable bonds is 3. The average molecular weight is 320 g/mol. The lowest BCUT2D eigenvalue weighted by Crippen LogP contribution is -2.36. The molecule has 0 bridgehead atoms. The SMILES string of the molecule is CC(=O)Nc1ccccc1N1CCC(CN)CC1.Cl.Cl. The Bertz CT molecular complexity index is 421. The summed E-state index contributed by atoms with van der Waals surface area (Å²) in [5.74, 6) is 0.619. The summed E-state index contributed by atoms with van der Waals surface area (Å²) >= 11 is 0. The molecule has 1 heterocycles. The minimum absolute atomic E-state index is 0. The lowest BCUT2D eigenvalue weighted by molar-refractivity contribution is -0.114. The zero-order valence-electron chi connectivity index (χ0n) is 11.7. The molecule has 1 saturated heterocycles. The van der Waals surface area contributed by atoms with Crippen molar-refractivity contribution in [1.29, 1.82) is 0 Å². The van der Waals surface area contributed by atoms with Crippen molar-refractivity contribution >= 4 is 42.1 Å². The summed E-state index contributed by atoms with van der Waals surface area (Å²) < 4.78 is 0. The normalized spacial score (nSPS) is 15.0. The van der Waals surface area contributed by atoms with Gasteiger partial charge in [0.15, 0.2) is 0 Å². The van der Waals surface area contributed by atoms with E-state index in [4.69, 9.17) is 5.73 Å². The number of anilines is 2. The Balaban J connectivity index is 0.00000180. The highest BCUT2D eigenvalue weighted by Crippen LogP contribution is 2.29. The van der Waals surface area contributed by atoms with E-state index in [0.29, 0.717) is 5.92 Å². The lowest BCUT2D eigenvalue weighted by atomic mass is 9.96. The van der Waals surface area contributed by atoms with Crippen molar-refractivity contribution < 1.29 is 4.79 Å². The molecule has 0 atom stereocenters. The Morgan fingerprint density at radius 3 is 2.45 bits per heavy atom. The van der Waals surface area contributed by atoms with Crippen molar-refractivity contribution in [3.8, 4) is 0 Å². The smallest absolute Gasteiger partial charge is 0.221 e. The fraction of sp³-hybridized carbons (Fsp3) is 0.500. The maximum atomic E-state index is 11.2. The van der Waals surface area contributed by atoms with Gasteiger partial charge in [-0.1, -0.05) is 12.1 Å². The van der Waals surface area contributed by atoms with Gasteiger partial charge < -0.3 is 16.0 Å². The molecule has 0 radical (unpaired) electrons. The van der Waals surface area contributed by atoms with Gasteiger partial charge in [0.05, 0.1) is 11.4 Å². The number of piperidine rings is 1. The minimum Gasteiger partial charge on any atom is -0.370 e. The molecule has 1 aliphatic heterocycles. The highest BCUT2D eigenvalue weighted by molar-refractivity contribution is 5.92. The molecule has 0 spiro atoms. The maximum Gasteiger partial charge on any atom is 0.221 e. The molecule has 0 unspecified atom stereocenters. The van der Waals surface area contributed by atoms with Crippen LogP contribution < -0.4 is 16.0 Å². The van der Waals surface area contributed by atoms with Gasteiger partial charge in [-0.3, -0.25) is 4.79 Å². The van der Waals surface area contributed by atoms with Gasteiger partial charge in [0, 0.05) is 20.0 Å². The van der Waals surface area contributed by atoms with E-state index in [1.54, 1.807) is 0 Å². The molecule has 1 fully saturated rings. The molecule has 1 aromatic carbocycles. The van der Waals surface area contributed by atoms with E-state index in [0.717, 1.165) is 43.9 Å². The fourth-order valence-electron chi connectivity index (χ4n) is 2.45. The van der Waals surface area contributed by atoms with Crippen molar-refractivity contribution in [2.24, 2.45) is 11.7 Å². The Labute approximate surface area is 132 Å². The predicted octanol–water partition coefficient (Wildman–Crippen LogP) is 2.66. The third kappa shape index (κ3) is 4.85. The topological polar surface area (TPSA) is 58.4 Å². The molecule has 1 aliphatic rings. The van der Waals surface area contributed by atoms with Crippen LogP contribution in [-0.2, 0) is 4.79 Å². The number of para-hydroxylation sites is 2. The molecule has 114 valence electrons. The van der Waals surface area contributed by atoms with Crippen LogP contribution in [0.4, 0.5) is 11.4 Å². The quantitative estimate of drug-likeness (QED) is 0.900. The fourth-order valence-corrected chi connectivity index (χ4v) is 2.45. The van der Waals surface area contributed by atoms with Gasteiger partial charge in [-0.15, -0.1) is 24.8 Å². The van der Waals surface area contributed by atoms with E-state index in [1.807, 2.05) is 18.2 Å². The average Bonchev–Trinajstić information content (AvgIpc) is 2.39. The summed E-state index contributed by atoms with van der Waals surface area (Å²) in [4.78, 5) is 13.5. The van der Waals surface area contributed by atoms with E-state index in [9.17, 15) is 4.79 Å². The molecular formula is C14H23Cl2N3O. The van der Waals surface area contributed by atoms with Crippen LogP contribution in [0.15, 0.2) is 24.3 Å². The number of amides is 1. The van der Waals surface area contributed by atoms with Crippen molar-refractivity contribution in [3.05, 3.63) is 24.3 Å². The van der Waals surface area contributed by atoms with Gasteiger partial charge in [-0.05, 0) is 37.4 Å². The summed E-state index contributed by atoms with van der Waals surface area (Å²) in [6, 6.07) is 7.97. The summed E-state index contributed by atoms with van der Waals surface area (Å²) in [5, 5.41) is 2.89. The van der Waals surface area contributed by atoms with E-state index in [1.165, 1.54) is 6.92 Å². The molecule has 3 N–H and O–H groups in total. The molecule has 1 amide bonds. The van der Waals surface area contributed by atoms with Gasteiger partial charge in [-0.25, -0.2) is 0 Å². The van der Waals surface area contributed by atoms with E-state index in [-0.39, 0.29) is 30.7 Å². The van der Waals surface area contributed by atoms with E-state index < -0.39 is 0 Å². The van der Waals surface area contributed by atoms with E-state index >= 15 is 0 Å². The monoisotopic (exact) mass is 319 g/mol. The molecular weight excluding hydrogens is 297 g/mol. The van der Waals surface area contributed by atoms with Gasteiger partial charge >= 0.3 is 0 Å². The predicted molar refractivity (Wildman–Crippen MR) is 89.2 cm³/mol. The molecule has 0 aromatic heterocycles. The van der Waals surface area contributed by atoms with Crippen LogP contribution in [0.5, 0.6) is 0 Å². The number of benzene rings is 1. The number of halogens is 2. The summed E-state index contributed by atoms with van der Waals surface area (Å²) in [7, 11) is 0. The molecule has 4 nitrogen and oxygen atoms in total. The number of carbonyl (C=O) groups is 1. The van der Waals surface area contributed by atoms with Gasteiger partial charge in [-0.2, -0.15) is 0 Å². The molecule has 0 saturated carbocycles. The van der Waals surface area contributed by atoms with Crippen LogP contribution >= 0.6 is 24.8 Å². The van der Waals surface area contributed by atoms with Crippen LogP contribution in [0.3, 0.4) is 0 Å². The number of nitrogens with one attached hydrogen (secondary N) is 1. The van der Waals surface area contributed by atoms with Crippen LogP contribution in [0, 0.1) is 5.92 Å². The first-order valence-electron chi connectivity index (χ1n) is 6.52. The lowest BCUT2D eigenvalue weighted by Gasteiger charge is -2.34. The van der Waals surface area contributed by atoms with Crippen molar-refractivity contribution in [3.63, 3.8) is 0 Å². The van der Waals surface area contributed by atoms with Crippen LogP contribution in [0.1, 0.15) is 19.8 Å². The first-order valence-corrected chi connectivity index (χ1v) is 6.52. The van der Waals surface area contributed by atoms with Crippen molar-refractivity contribution in [2.45, 2.75) is 19.8 Å². The summed E-state index contributed by atoms with van der Waals surface area (Å²) in [5.41, 5.74) is 7.72. The Morgan fingerprint density at radius 2 is 1.90 bits per heavy atom. The maximum absolute atomic E-state index is 11.2. The van der Waals surface area contributed by atoms with Crippen molar-refractivity contribution in [2.75, 3.05) is 29.9 Å². The van der Waals surface area contributed by atoms with Gasteiger partial charge in [0.25, 0.3) is 0 Å². The number of hydrogen-bond donors (Lipinski definition) is 2. The molecule has 1 aromatic rings. The van der Waals surface area contributed by atoms with E-state index in [2.05, 4.69) is 16.3 Å². The minimum atomic E-state index is -0.0284. The largest absolute Gasteiger partial charge is 0.370 e. The highest BCUT2D eigenvalue weighted by atomic mass is 35.5. The van der Waals surface area contributed by atoms with Crippen LogP contribution in [0.2, 0.25) is 0 Å². The number of nitrogens with two attached hydrogens (primary N) is 1. The van der Waals surface area contributed by atoms with Gasteiger partial charge in [0.2, 0.25) is 5.91 Å². The highest BCUT2D eigenvalue weighted by Gasteiger charge is 2.20. The summed E-state index contributed by atoms with van der Waals surface area (Å²) in [6.45, 7) is 4.34. The second-order valence-electron chi connectivity index (χ2n) is 4.86. The third-order valence-corrected chi connectivity index (χ3v) is 3.50. The molecule has 6 heteroatoms. The zero-order chi connectivity index (χ0) is 13.0. The second-order valence-corrected chi connectivity index (χ2v) is 4.86. The first-order chi connectivity index (χ1) is 8.70. The Hall–Kier alpha value is -0.970. The van der Waals surface area contributed by atoms with Crippen molar-refractivity contribution in [1.82, 2.24) is 0 Å². The third-order valence-electron chi connectivity index (χ3n) is 3.50. The zero-order valence-corrected chi connectivity index (χ0v) is 13.3. The first kappa shape index (κ1) is 19.0. The molecule has 2 rings (SSSR count). The van der Waals surface area contributed by atoms with Crippen LogP contribution in [0.25, 0.3) is 0 Å². The molecule has 0 aliphatic carbocycles. The number of nitrogens with zero attached hydrogens (tertiary/aromatic N) is 1. The number of carbonyl (C=O) groups excluding carboxylic acids is 1. The Kier molecular flexibility index (Phi) is 8.62. The summed E-state index contributed by atoms with van der Waals surface area (Å²) in [6.07, 6.45) is 2.26. The van der Waals surface area contributed by atoms with Crippen LogP contribution in [-0.4, -0.2) is 25.5 Å². The number of hydrogen-bond acceptors (Lipinski definition) is 3. The second kappa shape index (κ2) is 9.06.